The number of hydrogen-bond donors (Lipinski definition) is 1. The number of nitrogens with one attached hydrogen (secondary N) is 1. The minimum Gasteiger partial charge on any atom is -0.497 e. The smallest absolute Gasteiger partial charge is 0.344 e. The molecule has 0 atom stereocenters. The Morgan fingerprint density at radius 1 is 1.03 bits per heavy atom. The summed E-state index contributed by atoms with van der Waals surface area (Å²) < 4.78 is 11.0. The first-order valence-corrected chi connectivity index (χ1v) is 13.8. The molecule has 1 saturated heterocycles. The number of methoxy groups -OCH3 is 1. The van der Waals surface area contributed by atoms with Crippen LogP contribution in [0.25, 0.3) is 0 Å². The van der Waals surface area contributed by atoms with E-state index in [1.54, 1.807) is 7.11 Å². The van der Waals surface area contributed by atoms with Gasteiger partial charge < -0.3 is 14.8 Å². The van der Waals surface area contributed by atoms with Crippen LogP contribution in [0.1, 0.15) is 42.4 Å². The zero-order valence-corrected chi connectivity index (χ0v) is 20.2. The van der Waals surface area contributed by atoms with Gasteiger partial charge in [0.05, 0.1) is 19.4 Å². The van der Waals surface area contributed by atoms with E-state index in [2.05, 4.69) is 5.32 Å². The minimum absolute atomic E-state index is 0.0972. The van der Waals surface area contributed by atoms with E-state index in [4.69, 9.17) is 9.47 Å². The van der Waals surface area contributed by atoms with E-state index < -0.39 is 7.26 Å². The van der Waals surface area contributed by atoms with Crippen molar-refractivity contribution in [3.05, 3.63) is 59.2 Å². The molecule has 2 aliphatic rings. The molecule has 1 aliphatic heterocycles. The summed E-state index contributed by atoms with van der Waals surface area (Å²) in [5.74, 6) is 0.736. The summed E-state index contributed by atoms with van der Waals surface area (Å²) in [5, 5.41) is 2.88. The average Bonchev–Trinajstić information content (AvgIpc) is 3.49. The highest BCUT2D eigenvalue weighted by atomic mass is 31.2. The van der Waals surface area contributed by atoms with E-state index in [9.17, 15) is 9.59 Å². The van der Waals surface area contributed by atoms with Crippen LogP contribution in [0.5, 0.6) is 5.75 Å². The molecule has 1 amide bonds. The summed E-state index contributed by atoms with van der Waals surface area (Å²) in [5.41, 5.74) is 3.84. The van der Waals surface area contributed by atoms with Crippen molar-refractivity contribution in [2.45, 2.75) is 51.3 Å². The van der Waals surface area contributed by atoms with Crippen molar-refractivity contribution in [2.24, 2.45) is 0 Å². The lowest BCUT2D eigenvalue weighted by atomic mass is 10.1. The lowest BCUT2D eigenvalue weighted by Crippen LogP contribution is -2.36. The number of aryl methyl sites for hydroxylation is 2. The fourth-order valence-corrected chi connectivity index (χ4v) is 10.7. The van der Waals surface area contributed by atoms with Crippen LogP contribution >= 0.6 is 7.26 Å². The summed E-state index contributed by atoms with van der Waals surface area (Å²) in [7, 11) is -0.116. The van der Waals surface area contributed by atoms with Crippen LogP contribution in [0, 0.1) is 13.8 Å². The predicted octanol–water partition coefficient (Wildman–Crippen LogP) is 5.34. The van der Waals surface area contributed by atoms with E-state index >= 15 is 0 Å². The number of anilines is 1. The van der Waals surface area contributed by atoms with Gasteiger partial charge in [-0.25, -0.2) is 4.79 Å². The monoisotopic (exact) mass is 454 g/mol. The standard InChI is InChI=1S/C26H32NO4P/c1-19-15-22(30-3)16-20(2)24(19)27-25(29)26(11-12-26)32(13-7-8-14-32)18-23(28)31-17-21-9-5-4-6-10-21/h4-6,9-10,15-16H,7-8,11-14,17-18H2,1-3H3/p+1. The molecule has 170 valence electrons. The van der Waals surface area contributed by atoms with Crippen LogP contribution in [-0.2, 0) is 20.9 Å². The minimum atomic E-state index is -1.77. The van der Waals surface area contributed by atoms with E-state index in [-0.39, 0.29) is 17.0 Å². The zero-order valence-electron chi connectivity index (χ0n) is 19.3. The first-order valence-electron chi connectivity index (χ1n) is 11.4. The van der Waals surface area contributed by atoms with Crippen molar-refractivity contribution < 1.29 is 19.1 Å². The number of ether oxygens (including phenoxy) is 2. The molecule has 2 aromatic carbocycles. The van der Waals surface area contributed by atoms with E-state index in [1.165, 1.54) is 0 Å². The van der Waals surface area contributed by atoms with Gasteiger partial charge in [-0.1, -0.05) is 30.3 Å². The number of carbonyl (C=O) groups excluding carboxylic acids is 2. The third-order valence-electron chi connectivity index (χ3n) is 7.13. The SMILES string of the molecule is COc1cc(C)c(NC(=O)C2([P+]3(CC(=O)OCc4ccccc4)CCCC3)CC2)c(C)c1. The van der Waals surface area contributed by atoms with Crippen molar-refractivity contribution in [1.82, 2.24) is 0 Å². The molecule has 2 fully saturated rings. The Kier molecular flexibility index (Phi) is 6.57. The Labute approximate surface area is 191 Å². The Bertz CT molecular complexity index is 971. The Hall–Kier alpha value is -2.39. The van der Waals surface area contributed by atoms with E-state index in [1.807, 2.05) is 56.3 Å². The molecular formula is C26H33NO4P+. The summed E-state index contributed by atoms with van der Waals surface area (Å²) in [4.78, 5) is 26.5. The first kappa shape index (κ1) is 22.8. The molecule has 0 spiro atoms. The molecule has 0 unspecified atom stereocenters. The maximum atomic E-state index is 13.6. The third-order valence-corrected chi connectivity index (χ3v) is 12.8. The van der Waals surface area contributed by atoms with Gasteiger partial charge in [0.2, 0.25) is 0 Å². The number of esters is 1. The number of rotatable bonds is 8. The molecule has 0 bridgehead atoms. The van der Waals surface area contributed by atoms with E-state index in [0.29, 0.717) is 12.8 Å². The largest absolute Gasteiger partial charge is 0.497 e. The number of carbonyl (C=O) groups is 2. The molecule has 0 aromatic heterocycles. The maximum absolute atomic E-state index is 13.6. The second-order valence-corrected chi connectivity index (χ2v) is 13.6. The topological polar surface area (TPSA) is 64.6 Å². The van der Waals surface area contributed by atoms with Crippen molar-refractivity contribution >= 4 is 24.8 Å². The fraction of sp³-hybridized carbons (Fsp3) is 0.462. The quantitative estimate of drug-likeness (QED) is 0.432. The zero-order chi connectivity index (χ0) is 22.8. The molecule has 0 radical (unpaired) electrons. The molecule has 1 aliphatic carbocycles. The molecule has 1 N–H and O–H groups in total. The number of amides is 1. The van der Waals surface area contributed by atoms with Gasteiger partial charge in [-0.15, -0.1) is 0 Å². The third kappa shape index (κ3) is 4.41. The summed E-state index contributed by atoms with van der Waals surface area (Å²) in [6.45, 7) is 4.28. The molecule has 1 heterocycles. The van der Waals surface area contributed by atoms with Gasteiger partial charge in [0.25, 0.3) is 5.91 Å². The van der Waals surface area contributed by atoms with Gasteiger partial charge in [0.1, 0.15) is 12.4 Å². The Balaban J connectivity index is 1.49. The van der Waals surface area contributed by atoms with Crippen molar-refractivity contribution in [3.63, 3.8) is 0 Å². The first-order chi connectivity index (χ1) is 15.4. The van der Waals surface area contributed by atoms with Crippen molar-refractivity contribution in [3.8, 4) is 5.75 Å². The highest BCUT2D eigenvalue weighted by Crippen LogP contribution is 2.80. The number of hydrogen-bond acceptors (Lipinski definition) is 4. The van der Waals surface area contributed by atoms with Crippen LogP contribution in [0.15, 0.2) is 42.5 Å². The Morgan fingerprint density at radius 2 is 1.66 bits per heavy atom. The molecule has 4 rings (SSSR count). The van der Waals surface area contributed by atoms with Gasteiger partial charge >= 0.3 is 5.97 Å². The van der Waals surface area contributed by atoms with Gasteiger partial charge in [0, 0.05) is 25.8 Å². The second-order valence-electron chi connectivity index (χ2n) is 9.23. The summed E-state index contributed by atoms with van der Waals surface area (Å²) in [6.07, 6.45) is 6.43. The maximum Gasteiger partial charge on any atom is 0.344 e. The lowest BCUT2D eigenvalue weighted by Gasteiger charge is -2.30. The average molecular weight is 455 g/mol. The summed E-state index contributed by atoms with van der Waals surface area (Å²) >= 11 is 0. The van der Waals surface area contributed by atoms with E-state index in [0.717, 1.165) is 66.1 Å². The number of benzene rings is 2. The molecule has 2 aromatic rings. The molecule has 32 heavy (non-hydrogen) atoms. The summed E-state index contributed by atoms with van der Waals surface area (Å²) in [6, 6.07) is 13.7. The van der Waals surface area contributed by atoms with Gasteiger partial charge in [-0.2, -0.15) is 0 Å². The van der Waals surface area contributed by atoms with Crippen LogP contribution < -0.4 is 10.1 Å². The normalized spacial score (nSPS) is 18.1. The fourth-order valence-electron chi connectivity index (χ4n) is 5.21. The van der Waals surface area contributed by atoms with Crippen LogP contribution in [0.3, 0.4) is 0 Å². The Morgan fingerprint density at radius 3 is 2.22 bits per heavy atom. The van der Waals surface area contributed by atoms with Gasteiger partial charge in [-0.05, 0) is 55.5 Å². The van der Waals surface area contributed by atoms with Crippen LogP contribution in [-0.4, -0.2) is 42.6 Å². The molecule has 6 heteroatoms. The molecule has 1 saturated carbocycles. The second kappa shape index (κ2) is 9.23. The molecule has 5 nitrogen and oxygen atoms in total. The lowest BCUT2D eigenvalue weighted by molar-refractivity contribution is -0.141. The van der Waals surface area contributed by atoms with Crippen LogP contribution in [0.2, 0.25) is 0 Å². The highest BCUT2D eigenvalue weighted by molar-refractivity contribution is 7.79. The van der Waals surface area contributed by atoms with Crippen molar-refractivity contribution in [2.75, 3.05) is 30.9 Å². The van der Waals surface area contributed by atoms with Gasteiger partial charge in [0.15, 0.2) is 11.3 Å². The predicted molar refractivity (Wildman–Crippen MR) is 130 cm³/mol. The highest BCUT2D eigenvalue weighted by Gasteiger charge is 2.71. The van der Waals surface area contributed by atoms with Gasteiger partial charge in [-0.3, -0.25) is 4.79 Å². The molecular weight excluding hydrogens is 421 g/mol. The van der Waals surface area contributed by atoms with Crippen LogP contribution in [0.4, 0.5) is 5.69 Å². The van der Waals surface area contributed by atoms with Crippen molar-refractivity contribution in [1.29, 1.82) is 0 Å².